The minimum Gasteiger partial charge on any atom is -0.504 e. The Morgan fingerprint density at radius 3 is 2.64 bits per heavy atom. The van der Waals surface area contributed by atoms with E-state index in [0.717, 1.165) is 66.1 Å². The monoisotopic (exact) mass is 1180 g/mol. The number of phenolic OH excluding ortho intramolecular Hbond substituents is 3. The molecule has 12 N–H and O–H groups in total. The second kappa shape index (κ2) is 24.4. The van der Waals surface area contributed by atoms with Crippen LogP contribution in [0.25, 0.3) is 10.9 Å². The van der Waals surface area contributed by atoms with Gasteiger partial charge in [-0.25, -0.2) is 0 Å². The van der Waals surface area contributed by atoms with Crippen molar-refractivity contribution in [3.63, 3.8) is 0 Å². The molecule has 5 aromatic rings. The third-order valence-corrected chi connectivity index (χ3v) is 20.1. The number of pyridine rings is 1. The quantitative estimate of drug-likeness (QED) is 0.0325. The molecule has 2 aromatic carbocycles. The van der Waals surface area contributed by atoms with Crippen LogP contribution in [0.1, 0.15) is 132 Å². The first-order valence-electron chi connectivity index (χ1n) is 31.3. The fraction of sp³-hybridized carbons (Fsp3) is 0.515. The molecule has 5 aliphatic heterocycles. The number of aliphatic hydroxyl groups excluding tert-OH is 2. The molecule has 3 saturated carbocycles. The number of aromatic amines is 1. The Morgan fingerprint density at radius 2 is 1.83 bits per heavy atom. The highest BCUT2D eigenvalue weighted by atomic mass is 16.6. The number of nitrogens with one attached hydrogen (secondary N) is 5. The number of ether oxygens (including phenoxy) is 4. The van der Waals surface area contributed by atoms with Gasteiger partial charge >= 0.3 is 5.97 Å². The summed E-state index contributed by atoms with van der Waals surface area (Å²) < 4.78 is 29.1. The van der Waals surface area contributed by atoms with Gasteiger partial charge in [0.15, 0.2) is 29.0 Å². The van der Waals surface area contributed by atoms with E-state index in [9.17, 15) is 30.3 Å². The first-order valence-corrected chi connectivity index (χ1v) is 31.3. The lowest BCUT2D eigenvalue weighted by Gasteiger charge is -2.57. The van der Waals surface area contributed by atoms with Gasteiger partial charge in [0.25, 0.3) is 0 Å². The number of fused-ring (bicyclic) bond motifs is 6. The zero-order chi connectivity index (χ0) is 59.9. The first kappa shape index (κ1) is 58.2. The molecular formula is C68H81N9O10. The van der Waals surface area contributed by atoms with Gasteiger partial charge in [-0.05, 0) is 123 Å². The molecule has 19 heteroatoms. The second-order valence-corrected chi connectivity index (χ2v) is 25.8. The SMILES string of the molecule is CC(=O)OC1CC(c2cc(O)c(O)c(OCCc3cccnc3)c2)OC(C23CC#CC4CCCCC4NC(O)C4C(n5cc6cc[nH]c6c5)NC(=NCC5(CC6=CCNC(N)=C6)CCCC5O)NC45CCCC(Oc4cc(ccc4O)C2)C5C#CC3)C1. The molecule has 3 aromatic heterocycles. The number of phenols is 3. The van der Waals surface area contributed by atoms with Crippen LogP contribution in [0.4, 0.5) is 0 Å². The number of rotatable bonds is 12. The lowest BCUT2D eigenvalue weighted by molar-refractivity contribution is -0.174. The van der Waals surface area contributed by atoms with Crippen molar-refractivity contribution < 1.29 is 49.3 Å². The Hall–Kier alpha value is -7.81. The molecule has 1 spiro atoms. The Balaban J connectivity index is 0.947. The predicted molar refractivity (Wildman–Crippen MR) is 327 cm³/mol. The van der Waals surface area contributed by atoms with Crippen LogP contribution in [0, 0.1) is 52.3 Å². The fourth-order valence-electron chi connectivity index (χ4n) is 15.8. The predicted octanol–water partition coefficient (Wildman–Crippen LogP) is 7.67. The number of dihydropyridines is 1. The van der Waals surface area contributed by atoms with Crippen LogP contribution >= 0.6 is 0 Å². The Bertz CT molecular complexity index is 3550. The van der Waals surface area contributed by atoms with Gasteiger partial charge in [0, 0.05) is 105 Å². The molecular weight excluding hydrogens is 1100 g/mol. The molecule has 4 bridgehead atoms. The number of aliphatic imine (C=N–C) groups is 1. The maximum Gasteiger partial charge on any atom is 0.302 e. The lowest BCUT2D eigenvalue weighted by Crippen LogP contribution is -2.75. The van der Waals surface area contributed by atoms with Gasteiger partial charge in [-0.2, -0.15) is 0 Å². The average Bonchev–Trinajstić information content (AvgIpc) is 2.06. The fourth-order valence-corrected chi connectivity index (χ4v) is 15.8. The summed E-state index contributed by atoms with van der Waals surface area (Å²) in [6, 6.07) is 14.3. The highest BCUT2D eigenvalue weighted by molar-refractivity contribution is 5.83. The molecule has 2 saturated heterocycles. The summed E-state index contributed by atoms with van der Waals surface area (Å²) in [7, 11) is 0. The van der Waals surface area contributed by atoms with E-state index in [1.807, 2.05) is 42.6 Å². The Kier molecular flexibility index (Phi) is 16.3. The summed E-state index contributed by atoms with van der Waals surface area (Å²) in [4.78, 5) is 26.2. The Morgan fingerprint density at radius 1 is 0.966 bits per heavy atom. The number of carbonyl (C=O) groups excluding carboxylic acids is 1. The van der Waals surface area contributed by atoms with Crippen molar-refractivity contribution in [3.05, 3.63) is 120 Å². The molecule has 8 heterocycles. The summed E-state index contributed by atoms with van der Waals surface area (Å²) in [5.74, 6) is 14.1. The van der Waals surface area contributed by atoms with Crippen molar-refractivity contribution in [3.8, 4) is 52.4 Å². The van der Waals surface area contributed by atoms with E-state index in [0.29, 0.717) is 94.0 Å². The van der Waals surface area contributed by atoms with Crippen molar-refractivity contribution in [2.45, 2.75) is 171 Å². The van der Waals surface area contributed by atoms with Crippen LogP contribution in [-0.4, -0.2) is 114 Å². The maximum absolute atomic E-state index is 13.5. The zero-order valence-corrected chi connectivity index (χ0v) is 49.3. The minimum atomic E-state index is -1.11. The molecule has 0 amide bonds. The van der Waals surface area contributed by atoms with Gasteiger partial charge in [0.05, 0.1) is 60.2 Å². The largest absolute Gasteiger partial charge is 0.504 e. The van der Waals surface area contributed by atoms with E-state index < -0.39 is 82.8 Å². The van der Waals surface area contributed by atoms with E-state index >= 15 is 0 Å². The van der Waals surface area contributed by atoms with Crippen LogP contribution in [0.3, 0.4) is 0 Å². The number of nitrogens with zero attached hydrogens (tertiary/aromatic N) is 3. The van der Waals surface area contributed by atoms with Crippen LogP contribution in [-0.2, 0) is 27.1 Å². The van der Waals surface area contributed by atoms with Gasteiger partial charge < -0.3 is 75.7 Å². The van der Waals surface area contributed by atoms with E-state index in [1.54, 1.807) is 24.5 Å². The molecule has 87 heavy (non-hydrogen) atoms. The van der Waals surface area contributed by atoms with E-state index in [4.69, 9.17) is 29.7 Å². The molecule has 19 nitrogen and oxygen atoms in total. The number of allylic oxidation sites excluding steroid dienone is 2. The first-order chi connectivity index (χ1) is 42.2. The standard InChI is InChI=1S/C68H81N9O10/c1-41(78)85-48-33-55(47-31-53(80)62(82)57(32-47)84-28-20-42-9-8-25-70-37-42)87-59(34-48)66-21-4-11-45-10-2-3-13-50(45)74-64(83)61-63(77-38-46-19-27-71-51(46)39-77)75-65(73-40-67(23-7-15-58(67)81)36-44-18-26-72-60(69)30-44)76-68(61)24-6-14-54(49(68)12-5-22-66)86-56-29-43(35-66)16-17-52(56)79/h8-9,16-19,25,27,29-32,37-39,45,48-50,54-55,58-59,61,63-64,71-72,74,79-83H,2-3,6-7,10,13-15,20-24,26,28,33-36,40,69H2,1H3,(H2,73,75,76). The number of benzene rings is 2. The van der Waals surface area contributed by atoms with Gasteiger partial charge in [-0.3, -0.25) is 20.1 Å². The summed E-state index contributed by atoms with van der Waals surface area (Å²) in [6.45, 7) is 2.52. The van der Waals surface area contributed by atoms with Crippen LogP contribution in [0.5, 0.6) is 28.7 Å². The molecule has 8 aliphatic rings. The average molecular weight is 1180 g/mol. The highest BCUT2D eigenvalue weighted by Crippen LogP contribution is 2.52. The second-order valence-electron chi connectivity index (χ2n) is 25.8. The number of esters is 1. The normalized spacial score (nSPS) is 33.4. The number of aromatic hydroxyl groups is 3. The number of hydrogen-bond acceptors (Lipinski definition) is 15. The van der Waals surface area contributed by atoms with Crippen LogP contribution in [0.2, 0.25) is 0 Å². The number of aromatic nitrogens is 3. The number of H-pyrrole nitrogens is 1. The van der Waals surface area contributed by atoms with Crippen molar-refractivity contribution in [1.29, 1.82) is 0 Å². The van der Waals surface area contributed by atoms with E-state index in [2.05, 4.69) is 78.0 Å². The third-order valence-electron chi connectivity index (χ3n) is 20.1. The molecule has 3 aliphatic carbocycles. The van der Waals surface area contributed by atoms with Gasteiger partial charge in [-0.1, -0.05) is 49.3 Å². The van der Waals surface area contributed by atoms with Gasteiger partial charge in [-0.15, -0.1) is 11.8 Å². The number of guanidine groups is 1. The molecule has 13 rings (SSSR count). The zero-order valence-electron chi connectivity index (χ0n) is 49.3. The number of nitrogens with two attached hydrogens (primary N) is 1. The smallest absolute Gasteiger partial charge is 0.302 e. The molecule has 5 fully saturated rings. The summed E-state index contributed by atoms with van der Waals surface area (Å²) in [5.41, 5.74) is 8.14. The van der Waals surface area contributed by atoms with E-state index in [1.165, 1.54) is 13.0 Å². The molecule has 14 unspecified atom stereocenters. The number of carbonyl (C=O) groups is 1. The molecule has 0 radical (unpaired) electrons. The number of aliphatic hydroxyl groups is 2. The number of hydrogen-bond donors (Lipinski definition) is 11. The third kappa shape index (κ3) is 11.9. The topological polar surface area (TPSA) is 275 Å². The van der Waals surface area contributed by atoms with Crippen molar-refractivity contribution >= 4 is 22.8 Å². The maximum atomic E-state index is 13.5. The van der Waals surface area contributed by atoms with Crippen molar-refractivity contribution in [1.82, 2.24) is 35.8 Å². The van der Waals surface area contributed by atoms with Gasteiger partial charge in [0.1, 0.15) is 24.6 Å². The van der Waals surface area contributed by atoms with Crippen molar-refractivity contribution in [2.75, 3.05) is 19.7 Å². The summed E-state index contributed by atoms with van der Waals surface area (Å²) in [5, 5.41) is 75.7. The van der Waals surface area contributed by atoms with Gasteiger partial charge in [0.2, 0.25) is 5.75 Å². The summed E-state index contributed by atoms with van der Waals surface area (Å²) >= 11 is 0. The molecule has 458 valence electrons. The van der Waals surface area contributed by atoms with Crippen molar-refractivity contribution in [2.24, 2.45) is 39.3 Å². The van der Waals surface area contributed by atoms with Crippen LogP contribution < -0.4 is 36.5 Å². The highest BCUT2D eigenvalue weighted by Gasteiger charge is 2.60. The van der Waals surface area contributed by atoms with Crippen LogP contribution in [0.15, 0.2) is 108 Å². The van der Waals surface area contributed by atoms with E-state index in [-0.39, 0.29) is 48.7 Å². The Labute approximate surface area is 507 Å². The lowest BCUT2D eigenvalue weighted by atomic mass is 9.61. The molecule has 14 atom stereocenters. The minimum absolute atomic E-state index is 0.0221. The summed E-state index contributed by atoms with van der Waals surface area (Å²) in [6.07, 6.45) is 19.2.